The second kappa shape index (κ2) is 6.87. The maximum Gasteiger partial charge on any atom is 0.327 e. The molecule has 1 fully saturated rings. The van der Waals surface area contributed by atoms with Crippen LogP contribution in [0.4, 0.5) is 4.79 Å². The molecular weight excluding hydrogens is 236 g/mol. The third-order valence-electron chi connectivity index (χ3n) is 3.08. The minimum atomic E-state index is -1.13. The third kappa shape index (κ3) is 3.93. The van der Waals surface area contributed by atoms with Gasteiger partial charge in [0.05, 0.1) is 0 Å². The average Bonchev–Trinajstić information content (AvgIpc) is 2.38. The molecular formula is C12H18N2O4. The fraction of sp³-hybridized carbons (Fsp3) is 0.667. The molecule has 0 bridgehead atoms. The molecule has 1 aliphatic heterocycles. The average molecular weight is 254 g/mol. The standard InChI is InChI=1S/C12H18N2O4/c1-2-3-10(11(16)17)13-12(18)14-6-4-9(8-15)5-7-14/h1,9-10,15H,3-8H2,(H,13,18)(H,16,17). The van der Waals surface area contributed by atoms with E-state index in [4.69, 9.17) is 16.6 Å². The molecule has 0 spiro atoms. The highest BCUT2D eigenvalue weighted by Gasteiger charge is 2.25. The zero-order valence-electron chi connectivity index (χ0n) is 10.1. The van der Waals surface area contributed by atoms with Gasteiger partial charge in [0.15, 0.2) is 0 Å². The number of aliphatic hydroxyl groups is 1. The summed E-state index contributed by atoms with van der Waals surface area (Å²) >= 11 is 0. The number of nitrogens with one attached hydrogen (secondary N) is 1. The number of rotatable bonds is 4. The van der Waals surface area contributed by atoms with E-state index in [0.29, 0.717) is 13.1 Å². The second-order valence-electron chi connectivity index (χ2n) is 4.36. The molecule has 3 N–H and O–H groups in total. The Balaban J connectivity index is 2.45. The molecule has 6 heteroatoms. The first-order chi connectivity index (χ1) is 8.58. The van der Waals surface area contributed by atoms with Crippen molar-refractivity contribution in [1.29, 1.82) is 0 Å². The van der Waals surface area contributed by atoms with Crippen molar-refractivity contribution < 1.29 is 19.8 Å². The van der Waals surface area contributed by atoms with Crippen LogP contribution in [-0.4, -0.2) is 52.9 Å². The summed E-state index contributed by atoms with van der Waals surface area (Å²) in [6.45, 7) is 1.18. The summed E-state index contributed by atoms with van der Waals surface area (Å²) in [5.74, 6) is 1.33. The molecule has 18 heavy (non-hydrogen) atoms. The van der Waals surface area contributed by atoms with E-state index in [1.54, 1.807) is 4.90 Å². The van der Waals surface area contributed by atoms with E-state index in [9.17, 15) is 9.59 Å². The van der Waals surface area contributed by atoms with Gasteiger partial charge in [-0.05, 0) is 18.8 Å². The molecule has 100 valence electrons. The number of carboxylic acids is 1. The van der Waals surface area contributed by atoms with E-state index in [1.807, 2.05) is 0 Å². The van der Waals surface area contributed by atoms with Gasteiger partial charge in [-0.3, -0.25) is 0 Å². The van der Waals surface area contributed by atoms with Gasteiger partial charge in [0.2, 0.25) is 0 Å². The van der Waals surface area contributed by atoms with E-state index >= 15 is 0 Å². The number of amides is 2. The zero-order chi connectivity index (χ0) is 13.5. The summed E-state index contributed by atoms with van der Waals surface area (Å²) in [6, 6.07) is -1.45. The van der Waals surface area contributed by atoms with Crippen LogP contribution in [0.1, 0.15) is 19.3 Å². The van der Waals surface area contributed by atoms with Gasteiger partial charge >= 0.3 is 12.0 Å². The largest absolute Gasteiger partial charge is 0.480 e. The van der Waals surface area contributed by atoms with E-state index in [2.05, 4.69) is 11.2 Å². The summed E-state index contributed by atoms with van der Waals surface area (Å²) < 4.78 is 0. The lowest BCUT2D eigenvalue weighted by atomic mass is 9.98. The van der Waals surface area contributed by atoms with Crippen LogP contribution in [0.5, 0.6) is 0 Å². The number of carbonyl (C=O) groups is 2. The molecule has 0 aromatic carbocycles. The summed E-state index contributed by atoms with van der Waals surface area (Å²) in [5.41, 5.74) is 0. The van der Waals surface area contributed by atoms with Crippen molar-refractivity contribution in [3.05, 3.63) is 0 Å². The number of aliphatic hydroxyl groups excluding tert-OH is 1. The van der Waals surface area contributed by atoms with Gasteiger partial charge in [0.1, 0.15) is 6.04 Å². The molecule has 0 aromatic heterocycles. The Kier molecular flexibility index (Phi) is 5.46. The van der Waals surface area contributed by atoms with Crippen molar-refractivity contribution in [1.82, 2.24) is 10.2 Å². The number of hydrogen-bond donors (Lipinski definition) is 3. The Morgan fingerprint density at radius 3 is 2.50 bits per heavy atom. The predicted octanol–water partition coefficient (Wildman–Crippen LogP) is -0.123. The molecule has 0 aliphatic carbocycles. The molecule has 1 unspecified atom stereocenters. The number of terminal acetylenes is 1. The SMILES string of the molecule is C#CCC(NC(=O)N1CCC(CO)CC1)C(=O)O. The van der Waals surface area contributed by atoms with Gasteiger partial charge in [0.25, 0.3) is 0 Å². The number of urea groups is 1. The van der Waals surface area contributed by atoms with E-state index in [0.717, 1.165) is 12.8 Å². The first-order valence-corrected chi connectivity index (χ1v) is 5.91. The van der Waals surface area contributed by atoms with Gasteiger partial charge in [-0.25, -0.2) is 9.59 Å². The highest BCUT2D eigenvalue weighted by molar-refractivity contribution is 5.82. The Hall–Kier alpha value is -1.74. The van der Waals surface area contributed by atoms with Crippen molar-refractivity contribution in [2.45, 2.75) is 25.3 Å². The predicted molar refractivity (Wildman–Crippen MR) is 64.8 cm³/mol. The quantitative estimate of drug-likeness (QED) is 0.610. The van der Waals surface area contributed by atoms with Crippen LogP contribution in [0.3, 0.4) is 0 Å². The highest BCUT2D eigenvalue weighted by atomic mass is 16.4. The van der Waals surface area contributed by atoms with Crippen LogP contribution in [0.15, 0.2) is 0 Å². The van der Waals surface area contributed by atoms with Crippen LogP contribution in [0.25, 0.3) is 0 Å². The van der Waals surface area contributed by atoms with Crippen LogP contribution in [0.2, 0.25) is 0 Å². The molecule has 1 aliphatic rings. The monoisotopic (exact) mass is 254 g/mol. The number of likely N-dealkylation sites (tertiary alicyclic amines) is 1. The lowest BCUT2D eigenvalue weighted by molar-refractivity contribution is -0.139. The van der Waals surface area contributed by atoms with Gasteiger partial charge < -0.3 is 20.4 Å². The minimum absolute atomic E-state index is 0.0336. The van der Waals surface area contributed by atoms with Crippen LogP contribution >= 0.6 is 0 Å². The number of hydrogen-bond acceptors (Lipinski definition) is 3. The molecule has 1 saturated heterocycles. The molecule has 1 heterocycles. The van der Waals surface area contributed by atoms with Crippen molar-refractivity contribution >= 4 is 12.0 Å². The Labute approximate surface area is 106 Å². The fourth-order valence-corrected chi connectivity index (χ4v) is 1.88. The molecule has 2 amide bonds. The molecule has 0 saturated carbocycles. The van der Waals surface area contributed by atoms with E-state index in [1.165, 1.54) is 0 Å². The summed E-state index contributed by atoms with van der Waals surface area (Å²) in [7, 11) is 0. The molecule has 1 atom stereocenters. The molecule has 0 aromatic rings. The van der Waals surface area contributed by atoms with Gasteiger partial charge in [-0.15, -0.1) is 12.3 Å². The smallest absolute Gasteiger partial charge is 0.327 e. The van der Waals surface area contributed by atoms with E-state index in [-0.39, 0.29) is 18.9 Å². The highest BCUT2D eigenvalue weighted by Crippen LogP contribution is 2.16. The van der Waals surface area contributed by atoms with Crippen molar-refractivity contribution in [3.63, 3.8) is 0 Å². The molecule has 0 radical (unpaired) electrons. The first-order valence-electron chi connectivity index (χ1n) is 5.91. The van der Waals surface area contributed by atoms with Crippen LogP contribution in [-0.2, 0) is 4.79 Å². The lowest BCUT2D eigenvalue weighted by Crippen LogP contribution is -2.50. The normalized spacial score (nSPS) is 17.9. The molecule has 1 rings (SSSR count). The second-order valence-corrected chi connectivity index (χ2v) is 4.36. The maximum absolute atomic E-state index is 11.8. The summed E-state index contributed by atoms with van der Waals surface area (Å²) in [4.78, 5) is 24.2. The van der Waals surface area contributed by atoms with Crippen LogP contribution < -0.4 is 5.32 Å². The Bertz CT molecular complexity index is 342. The fourth-order valence-electron chi connectivity index (χ4n) is 1.88. The third-order valence-corrected chi connectivity index (χ3v) is 3.08. The maximum atomic E-state index is 11.8. The molecule has 6 nitrogen and oxygen atoms in total. The van der Waals surface area contributed by atoms with Crippen molar-refractivity contribution in [3.8, 4) is 12.3 Å². The summed E-state index contributed by atoms with van der Waals surface area (Å²) in [5, 5.41) is 20.3. The minimum Gasteiger partial charge on any atom is -0.480 e. The first kappa shape index (κ1) is 14.3. The van der Waals surface area contributed by atoms with Crippen molar-refractivity contribution in [2.75, 3.05) is 19.7 Å². The summed E-state index contributed by atoms with van der Waals surface area (Å²) in [6.07, 6.45) is 6.48. The van der Waals surface area contributed by atoms with Crippen molar-refractivity contribution in [2.24, 2.45) is 5.92 Å². The Morgan fingerprint density at radius 1 is 1.44 bits per heavy atom. The number of carboxylic acid groups (broad SMARTS) is 1. The van der Waals surface area contributed by atoms with Gasteiger partial charge in [0, 0.05) is 26.1 Å². The number of piperidine rings is 1. The zero-order valence-corrected chi connectivity index (χ0v) is 10.1. The van der Waals surface area contributed by atoms with E-state index < -0.39 is 18.0 Å². The topological polar surface area (TPSA) is 89.9 Å². The van der Waals surface area contributed by atoms with Gasteiger partial charge in [-0.2, -0.15) is 0 Å². The van der Waals surface area contributed by atoms with Crippen LogP contribution in [0, 0.1) is 18.3 Å². The lowest BCUT2D eigenvalue weighted by Gasteiger charge is -2.31. The number of aliphatic carboxylic acids is 1. The number of nitrogens with zero attached hydrogens (tertiary/aromatic N) is 1. The van der Waals surface area contributed by atoms with Gasteiger partial charge in [-0.1, -0.05) is 0 Å². The Morgan fingerprint density at radius 2 is 2.06 bits per heavy atom. The number of carbonyl (C=O) groups excluding carboxylic acids is 1.